The molecule has 30 heavy (non-hydrogen) atoms. The van der Waals surface area contributed by atoms with E-state index >= 15 is 0 Å². The largest absolute Gasteiger partial charge is 0.397 e. The fourth-order valence-corrected chi connectivity index (χ4v) is 4.45. The highest BCUT2D eigenvalue weighted by Crippen LogP contribution is 2.28. The highest BCUT2D eigenvalue weighted by atomic mass is 32.1. The van der Waals surface area contributed by atoms with Crippen molar-refractivity contribution in [3.63, 3.8) is 0 Å². The Morgan fingerprint density at radius 3 is 2.87 bits per heavy atom. The van der Waals surface area contributed by atoms with Crippen molar-refractivity contribution in [1.29, 1.82) is 0 Å². The second-order valence-electron chi connectivity index (χ2n) is 6.97. The number of nitrogens with zero attached hydrogens (tertiary/aromatic N) is 4. The Morgan fingerprint density at radius 1 is 1.20 bits per heavy atom. The van der Waals surface area contributed by atoms with E-state index in [2.05, 4.69) is 26.0 Å². The van der Waals surface area contributed by atoms with Crippen molar-refractivity contribution in [3.8, 4) is 11.1 Å². The molecule has 3 aromatic heterocycles. The number of benzene rings is 1. The lowest BCUT2D eigenvalue weighted by Crippen LogP contribution is -2.13. The predicted molar refractivity (Wildman–Crippen MR) is 122 cm³/mol. The highest BCUT2D eigenvalue weighted by Gasteiger charge is 2.10. The van der Waals surface area contributed by atoms with E-state index in [-0.39, 0.29) is 5.91 Å². The standard InChI is InChI=1S/C21H22N6OS2/c1-14-12-30-21(23-14)6-8-27-11-17(25-26-27)3-5-20(28)24-19-10-15(2-4-18(19)22)16-7-9-29-13-16/h2,4,7,9-13H,3,5-6,8,22H2,1H3,(H,24,28). The molecule has 0 unspecified atom stereocenters. The van der Waals surface area contributed by atoms with Gasteiger partial charge in [0.2, 0.25) is 5.91 Å². The van der Waals surface area contributed by atoms with E-state index in [1.54, 1.807) is 27.4 Å². The van der Waals surface area contributed by atoms with Crippen LogP contribution in [0.25, 0.3) is 11.1 Å². The van der Waals surface area contributed by atoms with Crippen LogP contribution < -0.4 is 11.1 Å². The number of hydrogen-bond donors (Lipinski definition) is 2. The van der Waals surface area contributed by atoms with Crippen LogP contribution in [0.1, 0.15) is 22.8 Å². The lowest BCUT2D eigenvalue weighted by atomic mass is 10.1. The fourth-order valence-electron chi connectivity index (χ4n) is 3.02. The summed E-state index contributed by atoms with van der Waals surface area (Å²) in [5, 5.41) is 18.5. The number of anilines is 2. The maximum Gasteiger partial charge on any atom is 0.224 e. The van der Waals surface area contributed by atoms with Gasteiger partial charge in [0.25, 0.3) is 0 Å². The van der Waals surface area contributed by atoms with Crippen LogP contribution >= 0.6 is 22.7 Å². The third-order valence-electron chi connectivity index (χ3n) is 4.60. The number of hydrogen-bond acceptors (Lipinski definition) is 7. The van der Waals surface area contributed by atoms with Gasteiger partial charge >= 0.3 is 0 Å². The van der Waals surface area contributed by atoms with E-state index < -0.39 is 0 Å². The molecule has 0 aliphatic carbocycles. The molecule has 0 bridgehead atoms. The maximum absolute atomic E-state index is 12.4. The first-order chi connectivity index (χ1) is 14.6. The Bertz CT molecular complexity index is 1130. The summed E-state index contributed by atoms with van der Waals surface area (Å²) >= 11 is 3.29. The van der Waals surface area contributed by atoms with Crippen LogP contribution in [0.4, 0.5) is 11.4 Å². The molecule has 3 heterocycles. The van der Waals surface area contributed by atoms with Crippen LogP contribution in [0.5, 0.6) is 0 Å². The number of thiazole rings is 1. The molecule has 0 aliphatic rings. The number of thiophene rings is 1. The van der Waals surface area contributed by atoms with Gasteiger partial charge in [-0.05, 0) is 47.0 Å². The summed E-state index contributed by atoms with van der Waals surface area (Å²) in [6, 6.07) is 7.73. The Labute approximate surface area is 182 Å². The molecule has 4 rings (SSSR count). The molecular weight excluding hydrogens is 416 g/mol. The van der Waals surface area contributed by atoms with Gasteiger partial charge in [0.1, 0.15) is 0 Å². The van der Waals surface area contributed by atoms with Gasteiger partial charge in [0, 0.05) is 43.1 Å². The summed E-state index contributed by atoms with van der Waals surface area (Å²) in [4.78, 5) is 16.9. The average Bonchev–Trinajstić information content (AvgIpc) is 3.49. The van der Waals surface area contributed by atoms with E-state index in [0.717, 1.165) is 40.5 Å². The number of carbonyl (C=O) groups is 1. The van der Waals surface area contributed by atoms with E-state index in [1.807, 2.05) is 48.1 Å². The van der Waals surface area contributed by atoms with Crippen molar-refractivity contribution in [2.75, 3.05) is 11.1 Å². The number of amides is 1. The van der Waals surface area contributed by atoms with Crippen molar-refractivity contribution in [1.82, 2.24) is 20.0 Å². The Kier molecular flexibility index (Phi) is 6.20. The second-order valence-corrected chi connectivity index (χ2v) is 8.69. The topological polar surface area (TPSA) is 98.7 Å². The molecule has 0 spiro atoms. The number of carbonyl (C=O) groups excluding carboxylic acids is 1. The molecule has 1 amide bonds. The molecule has 0 aliphatic heterocycles. The molecule has 3 N–H and O–H groups in total. The monoisotopic (exact) mass is 438 g/mol. The van der Waals surface area contributed by atoms with Crippen LogP contribution in [0.15, 0.2) is 46.6 Å². The zero-order chi connectivity index (χ0) is 20.9. The number of aryl methyl sites for hydroxylation is 4. The zero-order valence-corrected chi connectivity index (χ0v) is 18.2. The van der Waals surface area contributed by atoms with Gasteiger partial charge < -0.3 is 11.1 Å². The van der Waals surface area contributed by atoms with E-state index in [1.165, 1.54) is 0 Å². The van der Waals surface area contributed by atoms with Crippen molar-refractivity contribution < 1.29 is 4.79 Å². The summed E-state index contributed by atoms with van der Waals surface area (Å²) in [6.07, 6.45) is 3.54. The minimum Gasteiger partial charge on any atom is -0.397 e. The summed E-state index contributed by atoms with van der Waals surface area (Å²) in [6.45, 7) is 2.71. The molecule has 0 saturated carbocycles. The Hall–Kier alpha value is -3.04. The summed E-state index contributed by atoms with van der Waals surface area (Å²) < 4.78 is 1.80. The molecule has 0 atom stereocenters. The Balaban J connectivity index is 1.30. The van der Waals surface area contributed by atoms with Gasteiger partial charge in [-0.15, -0.1) is 16.4 Å². The van der Waals surface area contributed by atoms with Crippen LogP contribution in [-0.2, 0) is 24.2 Å². The fraction of sp³-hybridized carbons (Fsp3) is 0.238. The van der Waals surface area contributed by atoms with E-state index in [4.69, 9.17) is 5.73 Å². The third kappa shape index (κ3) is 5.11. The van der Waals surface area contributed by atoms with Crippen molar-refractivity contribution in [3.05, 3.63) is 63.0 Å². The van der Waals surface area contributed by atoms with Crippen LogP contribution in [0.2, 0.25) is 0 Å². The molecule has 0 fully saturated rings. The smallest absolute Gasteiger partial charge is 0.224 e. The first-order valence-corrected chi connectivity index (χ1v) is 11.4. The van der Waals surface area contributed by atoms with Gasteiger partial charge in [-0.25, -0.2) is 4.98 Å². The quantitative estimate of drug-likeness (QED) is 0.402. The molecule has 4 aromatic rings. The number of nitrogens with one attached hydrogen (secondary N) is 1. The number of nitrogens with two attached hydrogens (primary N) is 1. The van der Waals surface area contributed by atoms with Gasteiger partial charge in [-0.2, -0.15) is 11.3 Å². The zero-order valence-electron chi connectivity index (χ0n) is 16.5. The molecule has 1 aromatic carbocycles. The third-order valence-corrected chi connectivity index (χ3v) is 6.31. The lowest BCUT2D eigenvalue weighted by molar-refractivity contribution is -0.116. The average molecular weight is 439 g/mol. The van der Waals surface area contributed by atoms with Gasteiger partial charge in [-0.3, -0.25) is 9.48 Å². The molecule has 7 nitrogen and oxygen atoms in total. The number of rotatable bonds is 8. The minimum absolute atomic E-state index is 0.100. The van der Waals surface area contributed by atoms with Crippen LogP contribution in [0.3, 0.4) is 0 Å². The van der Waals surface area contributed by atoms with Gasteiger partial charge in [-0.1, -0.05) is 11.3 Å². The number of aromatic nitrogens is 4. The van der Waals surface area contributed by atoms with E-state index in [0.29, 0.717) is 24.2 Å². The highest BCUT2D eigenvalue weighted by molar-refractivity contribution is 7.09. The van der Waals surface area contributed by atoms with Crippen molar-refractivity contribution in [2.24, 2.45) is 0 Å². The predicted octanol–water partition coefficient (Wildman–Crippen LogP) is 4.17. The Morgan fingerprint density at radius 2 is 2.10 bits per heavy atom. The van der Waals surface area contributed by atoms with Gasteiger partial charge in [0.05, 0.1) is 22.1 Å². The van der Waals surface area contributed by atoms with Crippen LogP contribution in [-0.4, -0.2) is 25.9 Å². The first-order valence-electron chi connectivity index (χ1n) is 9.59. The number of nitrogen functional groups attached to an aromatic ring is 1. The van der Waals surface area contributed by atoms with Crippen LogP contribution in [0, 0.1) is 6.92 Å². The maximum atomic E-state index is 12.4. The molecule has 154 valence electrons. The lowest BCUT2D eigenvalue weighted by Gasteiger charge is -2.10. The summed E-state index contributed by atoms with van der Waals surface area (Å²) in [5.74, 6) is -0.100. The summed E-state index contributed by atoms with van der Waals surface area (Å²) in [5.41, 5.74) is 11.2. The summed E-state index contributed by atoms with van der Waals surface area (Å²) in [7, 11) is 0. The van der Waals surface area contributed by atoms with Crippen molar-refractivity contribution >= 4 is 40.0 Å². The molecular formula is C21H22N6OS2. The SMILES string of the molecule is Cc1csc(CCn2cc(CCC(=O)Nc3cc(-c4ccsc4)ccc3N)nn2)n1. The normalized spacial score (nSPS) is 11.0. The molecule has 9 heteroatoms. The second kappa shape index (κ2) is 9.19. The molecule has 0 saturated heterocycles. The first kappa shape index (κ1) is 20.2. The minimum atomic E-state index is -0.100. The van der Waals surface area contributed by atoms with Crippen molar-refractivity contribution in [2.45, 2.75) is 32.7 Å². The molecule has 0 radical (unpaired) electrons. The van der Waals surface area contributed by atoms with E-state index in [9.17, 15) is 4.79 Å². The van der Waals surface area contributed by atoms with Gasteiger partial charge in [0.15, 0.2) is 0 Å².